The Morgan fingerprint density at radius 2 is 1.73 bits per heavy atom. The van der Waals surface area contributed by atoms with Crippen LogP contribution in [0.5, 0.6) is 0 Å². The minimum absolute atomic E-state index is 0.118. The predicted octanol–water partition coefficient (Wildman–Crippen LogP) is 5.63. The third kappa shape index (κ3) is 21.3. The van der Waals surface area contributed by atoms with Crippen LogP contribution in [-0.2, 0) is 6.42 Å². The number of nitrogens with two attached hydrogens (primary N) is 3. The largest absolute Gasteiger partial charge is 0.384 e. The minimum atomic E-state index is 0.118. The van der Waals surface area contributed by atoms with Gasteiger partial charge < -0.3 is 11.5 Å². The second-order valence-electron chi connectivity index (χ2n) is 9.17. The van der Waals surface area contributed by atoms with Gasteiger partial charge in [0.2, 0.25) is 0 Å². The first-order valence-electron chi connectivity index (χ1n) is 13.7. The average molecular weight is 513 g/mol. The zero-order chi connectivity index (χ0) is 28.5. The lowest BCUT2D eigenvalue weighted by Gasteiger charge is -2.21. The topological polar surface area (TPSA) is 117 Å². The summed E-state index contributed by atoms with van der Waals surface area (Å²) in [7, 11) is 0. The Labute approximate surface area is 228 Å². The van der Waals surface area contributed by atoms with E-state index in [1.54, 1.807) is 0 Å². The molecule has 2 aromatic rings. The summed E-state index contributed by atoms with van der Waals surface area (Å²) in [5.41, 5.74) is 17.8. The second kappa shape index (κ2) is 25.2. The van der Waals surface area contributed by atoms with Crippen molar-refractivity contribution >= 4 is 5.84 Å². The normalized spacial score (nSPS) is 9.89. The molecule has 0 aliphatic heterocycles. The molecule has 0 aromatic heterocycles. The van der Waals surface area contributed by atoms with Crippen LogP contribution in [0.1, 0.15) is 76.1 Å². The first-order chi connectivity index (χ1) is 17.8. The molecule has 0 amide bonds. The maximum absolute atomic E-state index is 7.33. The van der Waals surface area contributed by atoms with Crippen molar-refractivity contribution < 1.29 is 0 Å². The van der Waals surface area contributed by atoms with E-state index in [1.807, 2.05) is 44.2 Å². The first kappa shape index (κ1) is 36.6. The second-order valence-corrected chi connectivity index (χ2v) is 9.17. The lowest BCUT2D eigenvalue weighted by atomic mass is 10.0. The van der Waals surface area contributed by atoms with Crippen molar-refractivity contribution in [2.45, 2.75) is 67.2 Å². The number of benzene rings is 2. The lowest BCUT2D eigenvalue weighted by Crippen LogP contribution is -2.28. The van der Waals surface area contributed by atoms with Gasteiger partial charge in [0, 0.05) is 25.2 Å². The van der Waals surface area contributed by atoms with Gasteiger partial charge in [-0.3, -0.25) is 21.6 Å². The molecule has 6 heteroatoms. The number of nitrogens with zero attached hydrogens (tertiary/aromatic N) is 1. The van der Waals surface area contributed by atoms with Crippen molar-refractivity contribution in [2.24, 2.45) is 23.2 Å². The molecule has 0 spiro atoms. The van der Waals surface area contributed by atoms with Crippen LogP contribution in [0, 0.1) is 18.3 Å². The van der Waals surface area contributed by atoms with Crippen LogP contribution in [0.15, 0.2) is 61.2 Å². The smallest absolute Gasteiger partial charge is 0.122 e. The van der Waals surface area contributed by atoms with Gasteiger partial charge in [0.1, 0.15) is 5.84 Å². The van der Waals surface area contributed by atoms with Gasteiger partial charge in [-0.1, -0.05) is 94.8 Å². The molecule has 0 atom stereocenters. The van der Waals surface area contributed by atoms with Gasteiger partial charge in [0.15, 0.2) is 0 Å². The highest BCUT2D eigenvalue weighted by Crippen LogP contribution is 2.12. The number of amidine groups is 1. The molecule has 0 radical (unpaired) electrons. The molecule has 0 unspecified atom stereocenters. The van der Waals surface area contributed by atoms with Gasteiger partial charge in [-0.15, -0.1) is 6.58 Å². The molecule has 0 bridgehead atoms. The summed E-state index contributed by atoms with van der Waals surface area (Å²) in [6.07, 6.45) is 6.27. The zero-order valence-electron chi connectivity index (χ0n) is 24.5. The summed E-state index contributed by atoms with van der Waals surface area (Å²) >= 11 is 0. The number of rotatable bonds is 13. The van der Waals surface area contributed by atoms with E-state index in [0.717, 1.165) is 50.4 Å². The quantitative estimate of drug-likeness (QED) is 0.0596. The van der Waals surface area contributed by atoms with E-state index in [0.29, 0.717) is 0 Å². The Morgan fingerprint density at radius 1 is 1.08 bits per heavy atom. The van der Waals surface area contributed by atoms with Gasteiger partial charge in [0.25, 0.3) is 0 Å². The highest BCUT2D eigenvalue weighted by molar-refractivity contribution is 5.94. The fourth-order valence-electron chi connectivity index (χ4n) is 3.50. The molecule has 0 aliphatic rings. The maximum atomic E-state index is 7.33. The summed E-state index contributed by atoms with van der Waals surface area (Å²) in [6, 6.07) is 16.3. The predicted molar refractivity (Wildman–Crippen MR) is 165 cm³/mol. The van der Waals surface area contributed by atoms with Gasteiger partial charge in [-0.2, -0.15) is 0 Å². The first-order valence-corrected chi connectivity index (χ1v) is 13.7. The molecule has 0 saturated carbocycles. The molecule has 2 rings (SSSR count). The molecule has 2 aromatic carbocycles. The standard InChI is InChI=1S/C15H16N2.C10H21N.C4H13N3.C2H6/c1-11-3-2-4-13(9-11)10-12-5-7-14(8-6-12)15(16)17;1-5-7-11(8-6-2)9-10(3)4;5-3-1-2-4-7-6;1-2/h2-9H,10H2,1H3,(H3,16,17);5,10H,1,6-9H2,2-4H3;7H,1-6H2;1-2H3. The fraction of sp³-hybridized carbons (Fsp3) is 0.516. The van der Waals surface area contributed by atoms with Crippen molar-refractivity contribution in [1.29, 1.82) is 5.41 Å². The molecule has 6 nitrogen and oxygen atoms in total. The van der Waals surface area contributed by atoms with Crippen LogP contribution in [-0.4, -0.2) is 43.5 Å². The summed E-state index contributed by atoms with van der Waals surface area (Å²) < 4.78 is 0. The SMILES string of the molecule is C=CCN(CCC)CC(C)C.CC.Cc1cccc(Cc2ccc(C(=N)N)cc2)c1.NCCCCNN. The van der Waals surface area contributed by atoms with Gasteiger partial charge in [0.05, 0.1) is 0 Å². The minimum Gasteiger partial charge on any atom is -0.384 e. The van der Waals surface area contributed by atoms with E-state index < -0.39 is 0 Å². The molecule has 37 heavy (non-hydrogen) atoms. The number of hydrazine groups is 1. The highest BCUT2D eigenvalue weighted by atomic mass is 15.2. The van der Waals surface area contributed by atoms with Gasteiger partial charge >= 0.3 is 0 Å². The number of hydrogen-bond donors (Lipinski definition) is 5. The van der Waals surface area contributed by atoms with Crippen LogP contribution in [0.3, 0.4) is 0 Å². The van der Waals surface area contributed by atoms with E-state index in [-0.39, 0.29) is 5.84 Å². The molecule has 0 fully saturated rings. The summed E-state index contributed by atoms with van der Waals surface area (Å²) in [6.45, 7) is 21.6. The van der Waals surface area contributed by atoms with Crippen molar-refractivity contribution in [3.63, 3.8) is 0 Å². The Morgan fingerprint density at radius 3 is 2.19 bits per heavy atom. The zero-order valence-corrected chi connectivity index (χ0v) is 24.5. The van der Waals surface area contributed by atoms with Gasteiger partial charge in [-0.25, -0.2) is 0 Å². The third-order valence-electron chi connectivity index (χ3n) is 5.08. The highest BCUT2D eigenvalue weighted by Gasteiger charge is 2.03. The molecular formula is C31H56N6. The average Bonchev–Trinajstić information content (AvgIpc) is 2.87. The molecular weight excluding hydrogens is 456 g/mol. The van der Waals surface area contributed by atoms with Gasteiger partial charge in [-0.05, 0) is 62.7 Å². The van der Waals surface area contributed by atoms with Crippen molar-refractivity contribution in [3.05, 3.63) is 83.4 Å². The molecule has 0 aliphatic carbocycles. The third-order valence-corrected chi connectivity index (χ3v) is 5.08. The number of aryl methyl sites for hydroxylation is 1. The number of nitrogens with one attached hydrogen (secondary N) is 2. The Kier molecular flexibility index (Phi) is 24.9. The Hall–Kier alpha value is -2.51. The fourth-order valence-corrected chi connectivity index (χ4v) is 3.50. The summed E-state index contributed by atoms with van der Waals surface area (Å²) in [4.78, 5) is 2.44. The van der Waals surface area contributed by atoms with Crippen molar-refractivity contribution in [1.82, 2.24) is 10.3 Å². The van der Waals surface area contributed by atoms with E-state index in [9.17, 15) is 0 Å². The Bertz CT molecular complexity index is 798. The molecule has 0 heterocycles. The van der Waals surface area contributed by atoms with Crippen molar-refractivity contribution in [2.75, 3.05) is 32.7 Å². The monoisotopic (exact) mass is 512 g/mol. The number of nitrogen functional groups attached to an aromatic ring is 1. The van der Waals surface area contributed by atoms with Crippen molar-refractivity contribution in [3.8, 4) is 0 Å². The van der Waals surface area contributed by atoms with Crippen LogP contribution in [0.4, 0.5) is 0 Å². The molecule has 0 saturated heterocycles. The number of unbranched alkanes of at least 4 members (excludes halogenated alkanes) is 1. The summed E-state index contributed by atoms with van der Waals surface area (Å²) in [5, 5.41) is 7.33. The maximum Gasteiger partial charge on any atom is 0.122 e. The van der Waals surface area contributed by atoms with E-state index in [1.165, 1.54) is 36.2 Å². The van der Waals surface area contributed by atoms with E-state index >= 15 is 0 Å². The molecule has 8 N–H and O–H groups in total. The van der Waals surface area contributed by atoms with Crippen LogP contribution in [0.25, 0.3) is 0 Å². The van der Waals surface area contributed by atoms with Crippen LogP contribution >= 0.6 is 0 Å². The van der Waals surface area contributed by atoms with E-state index in [2.05, 4.69) is 68.9 Å². The summed E-state index contributed by atoms with van der Waals surface area (Å²) in [5.74, 6) is 5.86. The van der Waals surface area contributed by atoms with Crippen LogP contribution < -0.4 is 22.7 Å². The van der Waals surface area contributed by atoms with Crippen LogP contribution in [0.2, 0.25) is 0 Å². The lowest BCUT2D eigenvalue weighted by molar-refractivity contribution is 0.269. The van der Waals surface area contributed by atoms with E-state index in [4.69, 9.17) is 22.7 Å². The number of hydrogen-bond acceptors (Lipinski definition) is 5. The Balaban J connectivity index is 0. The molecule has 210 valence electrons.